The number of aliphatic hydroxyl groups excluding tert-OH is 2. The van der Waals surface area contributed by atoms with Crippen molar-refractivity contribution in [1.82, 2.24) is 0 Å². The largest absolute Gasteiger partial charge is 0.469 e. The van der Waals surface area contributed by atoms with Crippen molar-refractivity contribution >= 4 is 5.97 Å². The number of carbonyl (C=O) groups excluding carboxylic acids is 1. The van der Waals surface area contributed by atoms with Gasteiger partial charge in [-0.05, 0) is 25.3 Å². The van der Waals surface area contributed by atoms with Gasteiger partial charge < -0.3 is 20.7 Å². The molecule has 1 rings (SSSR count). The zero-order valence-corrected chi connectivity index (χ0v) is 8.22. The average Bonchev–Trinajstić information content (AvgIpc) is 2.20. The van der Waals surface area contributed by atoms with Gasteiger partial charge in [0.2, 0.25) is 0 Å². The molecule has 0 heterocycles. The zero-order valence-electron chi connectivity index (χ0n) is 8.22. The highest BCUT2D eigenvalue weighted by Crippen LogP contribution is 2.30. The highest BCUT2D eigenvalue weighted by Gasteiger charge is 2.39. The van der Waals surface area contributed by atoms with Crippen LogP contribution in [-0.4, -0.2) is 42.0 Å². The molecule has 0 aromatic rings. The maximum atomic E-state index is 11.3. The second-order valence-corrected chi connectivity index (χ2v) is 3.73. The molecule has 0 unspecified atom stereocenters. The summed E-state index contributed by atoms with van der Waals surface area (Å²) in [5.74, 6) is -0.837. The maximum absolute atomic E-state index is 11.3. The van der Waals surface area contributed by atoms with Crippen molar-refractivity contribution in [2.24, 2.45) is 17.6 Å². The molecular formula is C9H17NO4. The van der Waals surface area contributed by atoms with E-state index in [9.17, 15) is 15.0 Å². The predicted octanol–water partition coefficient (Wildman–Crippen LogP) is -1.13. The SMILES string of the molecule is COC(=O)[C@@H]1C[C@@H](O)[C@@H](O)C[C@@H]1CN. The number of methoxy groups -OCH3 is 1. The number of carbonyl (C=O) groups is 1. The van der Waals surface area contributed by atoms with Crippen molar-refractivity contribution in [3.8, 4) is 0 Å². The van der Waals surface area contributed by atoms with Gasteiger partial charge in [0.1, 0.15) is 0 Å². The molecule has 5 nitrogen and oxygen atoms in total. The van der Waals surface area contributed by atoms with Gasteiger partial charge in [-0.25, -0.2) is 0 Å². The summed E-state index contributed by atoms with van der Waals surface area (Å²) in [6.07, 6.45) is -1.03. The normalized spacial score (nSPS) is 38.0. The van der Waals surface area contributed by atoms with Gasteiger partial charge in [-0.2, -0.15) is 0 Å². The van der Waals surface area contributed by atoms with Crippen molar-refractivity contribution < 1.29 is 19.7 Å². The Bertz CT molecular complexity index is 209. The predicted molar refractivity (Wildman–Crippen MR) is 49.3 cm³/mol. The van der Waals surface area contributed by atoms with E-state index in [0.29, 0.717) is 13.0 Å². The van der Waals surface area contributed by atoms with E-state index < -0.39 is 12.2 Å². The first kappa shape index (κ1) is 11.4. The molecule has 0 aromatic heterocycles. The summed E-state index contributed by atoms with van der Waals surface area (Å²) in [4.78, 5) is 11.3. The first-order valence-corrected chi connectivity index (χ1v) is 4.74. The summed E-state index contributed by atoms with van der Waals surface area (Å²) in [5, 5.41) is 18.8. The average molecular weight is 203 g/mol. The zero-order chi connectivity index (χ0) is 10.7. The van der Waals surface area contributed by atoms with Crippen LogP contribution in [0.15, 0.2) is 0 Å². The summed E-state index contributed by atoms with van der Waals surface area (Å²) in [6.45, 7) is 0.323. The van der Waals surface area contributed by atoms with Crippen LogP contribution >= 0.6 is 0 Å². The molecule has 82 valence electrons. The Labute approximate surface area is 82.9 Å². The highest BCUT2D eigenvalue weighted by atomic mass is 16.5. The molecule has 0 aromatic carbocycles. The Morgan fingerprint density at radius 3 is 2.50 bits per heavy atom. The fourth-order valence-electron chi connectivity index (χ4n) is 1.94. The van der Waals surface area contributed by atoms with Gasteiger partial charge in [0, 0.05) is 0 Å². The minimum atomic E-state index is -0.845. The number of esters is 1. The molecule has 1 aliphatic rings. The standard InChI is InChI=1S/C9H17NO4/c1-14-9(13)6-3-8(12)7(11)2-5(6)4-10/h5-8,11-12H,2-4,10H2,1H3/t5-,6-,7+,8-/m1/s1. The third kappa shape index (κ3) is 2.23. The van der Waals surface area contributed by atoms with E-state index in [4.69, 9.17) is 5.73 Å². The van der Waals surface area contributed by atoms with Gasteiger partial charge in [0.25, 0.3) is 0 Å². The Kier molecular flexibility index (Phi) is 3.86. The number of rotatable bonds is 2. The second kappa shape index (κ2) is 4.72. The lowest BCUT2D eigenvalue weighted by Crippen LogP contribution is -2.44. The van der Waals surface area contributed by atoms with Crippen LogP contribution in [0.1, 0.15) is 12.8 Å². The first-order chi connectivity index (χ1) is 6.60. The number of hydrogen-bond donors (Lipinski definition) is 3. The molecule has 4 N–H and O–H groups in total. The summed E-state index contributed by atoms with van der Waals surface area (Å²) < 4.78 is 4.62. The smallest absolute Gasteiger partial charge is 0.309 e. The van der Waals surface area contributed by atoms with E-state index in [0.717, 1.165) is 0 Å². The number of nitrogens with two attached hydrogens (primary N) is 1. The number of hydrogen-bond acceptors (Lipinski definition) is 5. The quantitative estimate of drug-likeness (QED) is 0.494. The molecule has 1 saturated carbocycles. The second-order valence-electron chi connectivity index (χ2n) is 3.73. The highest BCUT2D eigenvalue weighted by molar-refractivity contribution is 5.72. The molecule has 1 fully saturated rings. The molecule has 0 spiro atoms. The van der Waals surface area contributed by atoms with E-state index >= 15 is 0 Å². The van der Waals surface area contributed by atoms with Crippen LogP contribution < -0.4 is 5.73 Å². The van der Waals surface area contributed by atoms with Crippen LogP contribution in [0.25, 0.3) is 0 Å². The van der Waals surface area contributed by atoms with Crippen LogP contribution in [0.4, 0.5) is 0 Å². The monoisotopic (exact) mass is 203 g/mol. The van der Waals surface area contributed by atoms with E-state index in [1.54, 1.807) is 0 Å². The fraction of sp³-hybridized carbons (Fsp3) is 0.889. The molecule has 0 saturated heterocycles. The van der Waals surface area contributed by atoms with E-state index in [1.807, 2.05) is 0 Å². The van der Waals surface area contributed by atoms with Crippen LogP contribution in [-0.2, 0) is 9.53 Å². The Balaban J connectivity index is 2.67. The number of aliphatic hydroxyl groups is 2. The van der Waals surface area contributed by atoms with Crippen LogP contribution in [0.3, 0.4) is 0 Å². The fourth-order valence-corrected chi connectivity index (χ4v) is 1.94. The van der Waals surface area contributed by atoms with Gasteiger partial charge in [0.05, 0.1) is 25.2 Å². The first-order valence-electron chi connectivity index (χ1n) is 4.74. The molecular weight excluding hydrogens is 186 g/mol. The van der Waals surface area contributed by atoms with Gasteiger partial charge in [-0.15, -0.1) is 0 Å². The third-order valence-electron chi connectivity index (χ3n) is 2.86. The van der Waals surface area contributed by atoms with Crippen molar-refractivity contribution in [2.75, 3.05) is 13.7 Å². The van der Waals surface area contributed by atoms with Crippen molar-refractivity contribution in [1.29, 1.82) is 0 Å². The van der Waals surface area contributed by atoms with Crippen LogP contribution in [0.2, 0.25) is 0 Å². The van der Waals surface area contributed by atoms with E-state index in [1.165, 1.54) is 7.11 Å². The molecule has 1 aliphatic carbocycles. The molecule has 0 bridgehead atoms. The molecule has 14 heavy (non-hydrogen) atoms. The summed E-state index contributed by atoms with van der Waals surface area (Å²) in [7, 11) is 1.31. The summed E-state index contributed by atoms with van der Waals surface area (Å²) in [6, 6.07) is 0. The Morgan fingerprint density at radius 2 is 2.00 bits per heavy atom. The lowest BCUT2D eigenvalue weighted by Gasteiger charge is -2.34. The van der Waals surface area contributed by atoms with E-state index in [-0.39, 0.29) is 24.2 Å². The van der Waals surface area contributed by atoms with Crippen molar-refractivity contribution in [3.05, 3.63) is 0 Å². The molecule has 0 amide bonds. The molecule has 5 heteroatoms. The minimum Gasteiger partial charge on any atom is -0.469 e. The third-order valence-corrected chi connectivity index (χ3v) is 2.86. The summed E-state index contributed by atoms with van der Waals surface area (Å²) in [5.41, 5.74) is 5.49. The number of ether oxygens (including phenoxy) is 1. The maximum Gasteiger partial charge on any atom is 0.309 e. The van der Waals surface area contributed by atoms with Crippen LogP contribution in [0, 0.1) is 11.8 Å². The van der Waals surface area contributed by atoms with Gasteiger partial charge in [-0.1, -0.05) is 0 Å². The Morgan fingerprint density at radius 1 is 1.43 bits per heavy atom. The van der Waals surface area contributed by atoms with Crippen molar-refractivity contribution in [3.63, 3.8) is 0 Å². The summed E-state index contributed by atoms with van der Waals surface area (Å²) >= 11 is 0. The molecule has 4 atom stereocenters. The Hall–Kier alpha value is -0.650. The molecule has 0 radical (unpaired) electrons. The minimum absolute atomic E-state index is 0.0964. The van der Waals surface area contributed by atoms with Crippen molar-refractivity contribution in [2.45, 2.75) is 25.0 Å². The lowest BCUT2D eigenvalue weighted by molar-refractivity contribution is -0.153. The van der Waals surface area contributed by atoms with Gasteiger partial charge in [0.15, 0.2) is 0 Å². The van der Waals surface area contributed by atoms with Crippen LogP contribution in [0.5, 0.6) is 0 Å². The van der Waals surface area contributed by atoms with Gasteiger partial charge in [-0.3, -0.25) is 4.79 Å². The van der Waals surface area contributed by atoms with E-state index in [2.05, 4.69) is 4.74 Å². The molecule has 0 aliphatic heterocycles. The topological polar surface area (TPSA) is 92.8 Å². The lowest BCUT2D eigenvalue weighted by atomic mass is 9.76. The van der Waals surface area contributed by atoms with Gasteiger partial charge >= 0.3 is 5.97 Å².